The first-order valence-corrected chi connectivity index (χ1v) is 8.46. The summed E-state index contributed by atoms with van der Waals surface area (Å²) in [6, 6.07) is 0. The van der Waals surface area contributed by atoms with E-state index in [2.05, 4.69) is 28.6 Å². The molecule has 0 amide bonds. The molecule has 0 aliphatic carbocycles. The summed E-state index contributed by atoms with van der Waals surface area (Å²) in [6.07, 6.45) is 3.31. The molecule has 0 aromatic carbocycles. The second kappa shape index (κ2) is 6.17. The predicted molar refractivity (Wildman–Crippen MR) is 77.7 cm³/mol. The van der Waals surface area contributed by atoms with Crippen molar-refractivity contribution in [3.8, 4) is 0 Å². The van der Waals surface area contributed by atoms with Crippen molar-refractivity contribution < 1.29 is 9.90 Å². The molecule has 0 spiro atoms. The van der Waals surface area contributed by atoms with Gasteiger partial charge in [-0.15, -0.1) is 22.0 Å². The maximum absolute atomic E-state index is 10.7. The molecule has 2 heterocycles. The van der Waals surface area contributed by atoms with Crippen molar-refractivity contribution >= 4 is 29.5 Å². The molecule has 1 N–H and O–H groups in total. The van der Waals surface area contributed by atoms with Gasteiger partial charge in [-0.05, 0) is 31.9 Å². The van der Waals surface area contributed by atoms with Crippen molar-refractivity contribution in [3.05, 3.63) is 5.82 Å². The van der Waals surface area contributed by atoms with Gasteiger partial charge < -0.3 is 9.67 Å². The first-order valence-electron chi connectivity index (χ1n) is 6.49. The minimum atomic E-state index is -0.820. The van der Waals surface area contributed by atoms with Crippen LogP contribution < -0.4 is 0 Å². The van der Waals surface area contributed by atoms with E-state index in [0.717, 1.165) is 36.1 Å². The fourth-order valence-electron chi connectivity index (χ4n) is 2.29. The van der Waals surface area contributed by atoms with Crippen LogP contribution in [-0.4, -0.2) is 37.3 Å². The molecule has 1 atom stereocenters. The topological polar surface area (TPSA) is 68.0 Å². The number of thioether (sulfide) groups is 2. The number of nitrogens with zero attached hydrogens (tertiary/aromatic N) is 3. The third-order valence-electron chi connectivity index (χ3n) is 3.18. The number of hydrogen-bond donors (Lipinski definition) is 1. The number of carboxylic acids is 1. The molecule has 0 radical (unpaired) electrons. The Morgan fingerprint density at radius 3 is 2.95 bits per heavy atom. The molecular formula is C12H19N3O2S2. The van der Waals surface area contributed by atoms with E-state index in [9.17, 15) is 4.79 Å². The van der Waals surface area contributed by atoms with Crippen molar-refractivity contribution in [1.82, 2.24) is 14.8 Å². The van der Waals surface area contributed by atoms with Gasteiger partial charge in [-0.1, -0.05) is 18.7 Å². The third-order valence-corrected chi connectivity index (χ3v) is 5.65. The molecule has 7 heteroatoms. The van der Waals surface area contributed by atoms with E-state index in [1.807, 2.05) is 11.8 Å². The Morgan fingerprint density at radius 1 is 1.58 bits per heavy atom. The van der Waals surface area contributed by atoms with Crippen LogP contribution in [0.4, 0.5) is 0 Å². The maximum Gasteiger partial charge on any atom is 0.313 e. The number of aliphatic carboxylic acids is 1. The number of aromatic nitrogens is 3. The summed E-state index contributed by atoms with van der Waals surface area (Å²) in [6.45, 7) is 5.17. The number of carbonyl (C=O) groups is 1. The van der Waals surface area contributed by atoms with E-state index in [1.165, 1.54) is 18.2 Å². The molecule has 1 saturated heterocycles. The molecule has 1 aromatic rings. The Morgan fingerprint density at radius 2 is 2.37 bits per heavy atom. The summed E-state index contributed by atoms with van der Waals surface area (Å²) < 4.78 is 2.14. The van der Waals surface area contributed by atoms with Crippen molar-refractivity contribution in [1.29, 1.82) is 0 Å². The lowest BCUT2D eigenvalue weighted by molar-refractivity contribution is -0.133. The average Bonchev–Trinajstić information content (AvgIpc) is 2.95. The minimum absolute atomic E-state index is 0.0319. The van der Waals surface area contributed by atoms with Crippen LogP contribution in [0.1, 0.15) is 38.9 Å². The van der Waals surface area contributed by atoms with Gasteiger partial charge in [-0.2, -0.15) is 0 Å². The monoisotopic (exact) mass is 301 g/mol. The molecule has 106 valence electrons. The van der Waals surface area contributed by atoms with Crippen LogP contribution in [0.2, 0.25) is 0 Å². The van der Waals surface area contributed by atoms with Gasteiger partial charge in [-0.25, -0.2) is 0 Å². The van der Waals surface area contributed by atoms with Crippen LogP contribution in [-0.2, 0) is 16.1 Å². The second-order valence-electron chi connectivity index (χ2n) is 4.82. The Labute approximate surface area is 121 Å². The Balaban J connectivity index is 2.25. The first kappa shape index (κ1) is 14.7. The summed E-state index contributed by atoms with van der Waals surface area (Å²) in [5, 5.41) is 18.1. The van der Waals surface area contributed by atoms with Gasteiger partial charge in [0.1, 0.15) is 5.82 Å². The van der Waals surface area contributed by atoms with E-state index >= 15 is 0 Å². The fraction of sp³-hybridized carbons (Fsp3) is 0.750. The van der Waals surface area contributed by atoms with E-state index < -0.39 is 5.97 Å². The molecule has 1 aromatic heterocycles. The molecule has 1 fully saturated rings. The van der Waals surface area contributed by atoms with Gasteiger partial charge in [-0.3, -0.25) is 4.79 Å². The second-order valence-corrected chi connectivity index (χ2v) is 7.36. The molecular weight excluding hydrogens is 282 g/mol. The summed E-state index contributed by atoms with van der Waals surface area (Å²) in [7, 11) is 0. The lowest BCUT2D eigenvalue weighted by Gasteiger charge is -2.22. The van der Waals surface area contributed by atoms with Crippen LogP contribution in [0.5, 0.6) is 0 Å². The zero-order valence-corrected chi connectivity index (χ0v) is 12.9. The SMILES string of the molecule is CCCn1c(SCC(=O)O)nnc1C1(C)CCCS1. The molecule has 1 aliphatic heterocycles. The number of carboxylic acid groups (broad SMARTS) is 1. The van der Waals surface area contributed by atoms with Gasteiger partial charge >= 0.3 is 5.97 Å². The summed E-state index contributed by atoms with van der Waals surface area (Å²) in [4.78, 5) is 10.7. The van der Waals surface area contributed by atoms with Gasteiger partial charge in [0.05, 0.1) is 10.5 Å². The van der Waals surface area contributed by atoms with Crippen molar-refractivity contribution in [2.45, 2.75) is 49.6 Å². The standard InChI is InChI=1S/C12H19N3O2S2/c1-3-6-15-10(12(2)5-4-7-19-12)13-14-11(15)18-8-9(16)17/h3-8H2,1-2H3,(H,16,17). The van der Waals surface area contributed by atoms with E-state index in [4.69, 9.17) is 5.11 Å². The lowest BCUT2D eigenvalue weighted by atomic mass is 10.1. The maximum atomic E-state index is 10.7. The largest absolute Gasteiger partial charge is 0.481 e. The van der Waals surface area contributed by atoms with Gasteiger partial charge in [0, 0.05) is 6.54 Å². The van der Waals surface area contributed by atoms with E-state index in [-0.39, 0.29) is 10.5 Å². The Kier molecular flexibility index (Phi) is 4.78. The highest BCUT2D eigenvalue weighted by atomic mass is 32.2. The van der Waals surface area contributed by atoms with Crippen molar-refractivity contribution in [2.75, 3.05) is 11.5 Å². The lowest BCUT2D eigenvalue weighted by Crippen LogP contribution is -2.20. The van der Waals surface area contributed by atoms with E-state index in [1.54, 1.807) is 0 Å². The third kappa shape index (κ3) is 3.25. The number of hydrogen-bond acceptors (Lipinski definition) is 5. The van der Waals surface area contributed by atoms with Crippen LogP contribution >= 0.6 is 23.5 Å². The first-order chi connectivity index (χ1) is 9.07. The highest BCUT2D eigenvalue weighted by Gasteiger charge is 2.37. The van der Waals surface area contributed by atoms with Crippen LogP contribution in [0.25, 0.3) is 0 Å². The molecule has 1 unspecified atom stereocenters. The van der Waals surface area contributed by atoms with Gasteiger partial charge in [0.25, 0.3) is 0 Å². The zero-order chi connectivity index (χ0) is 13.9. The molecule has 19 heavy (non-hydrogen) atoms. The van der Waals surface area contributed by atoms with E-state index in [0.29, 0.717) is 0 Å². The molecule has 0 saturated carbocycles. The quantitative estimate of drug-likeness (QED) is 0.815. The fourth-order valence-corrected chi connectivity index (χ4v) is 4.29. The number of rotatable bonds is 6. The van der Waals surface area contributed by atoms with Crippen LogP contribution in [0.3, 0.4) is 0 Å². The predicted octanol–water partition coefficient (Wildman–Crippen LogP) is 2.61. The Hall–Kier alpha value is -0.690. The summed E-state index contributed by atoms with van der Waals surface area (Å²) >= 11 is 3.18. The average molecular weight is 301 g/mol. The highest BCUT2D eigenvalue weighted by Crippen LogP contribution is 2.45. The highest BCUT2D eigenvalue weighted by molar-refractivity contribution is 8.00. The molecule has 2 rings (SSSR count). The van der Waals surface area contributed by atoms with Crippen molar-refractivity contribution in [2.24, 2.45) is 0 Å². The molecule has 1 aliphatic rings. The summed E-state index contributed by atoms with van der Waals surface area (Å²) in [5.41, 5.74) is 0. The normalized spacial score (nSPS) is 22.8. The smallest absolute Gasteiger partial charge is 0.313 e. The molecule has 0 bridgehead atoms. The van der Waals surface area contributed by atoms with Crippen LogP contribution in [0, 0.1) is 0 Å². The van der Waals surface area contributed by atoms with Gasteiger partial charge in [0.2, 0.25) is 0 Å². The zero-order valence-electron chi connectivity index (χ0n) is 11.3. The molecule has 5 nitrogen and oxygen atoms in total. The summed E-state index contributed by atoms with van der Waals surface area (Å²) in [5.74, 6) is 1.38. The van der Waals surface area contributed by atoms with Gasteiger partial charge in [0.15, 0.2) is 5.16 Å². The minimum Gasteiger partial charge on any atom is -0.481 e. The van der Waals surface area contributed by atoms with Crippen LogP contribution in [0.15, 0.2) is 5.16 Å². The Bertz CT molecular complexity index is 456. The van der Waals surface area contributed by atoms with Crippen molar-refractivity contribution in [3.63, 3.8) is 0 Å².